The Morgan fingerprint density at radius 2 is 2.00 bits per heavy atom. The average Bonchev–Trinajstić information content (AvgIpc) is 2.86. The fourth-order valence-electron chi connectivity index (χ4n) is 5.03. The van der Waals surface area contributed by atoms with Gasteiger partial charge >= 0.3 is 0 Å². The molecular formula is C16H21N. The summed E-state index contributed by atoms with van der Waals surface area (Å²) in [6.45, 7) is 0. The highest BCUT2D eigenvalue weighted by molar-refractivity contribution is 5.31. The highest BCUT2D eigenvalue weighted by Crippen LogP contribution is 2.54. The van der Waals surface area contributed by atoms with Crippen molar-refractivity contribution in [1.82, 2.24) is 4.98 Å². The quantitative estimate of drug-likeness (QED) is 0.654. The number of fused-ring (bicyclic) bond motifs is 5. The summed E-state index contributed by atoms with van der Waals surface area (Å²) in [5, 5.41) is 0. The third-order valence-corrected chi connectivity index (χ3v) is 5.72. The van der Waals surface area contributed by atoms with E-state index in [1.165, 1.54) is 44.9 Å². The molecule has 0 amide bonds. The molecule has 2 saturated carbocycles. The van der Waals surface area contributed by atoms with Crippen molar-refractivity contribution in [3.8, 4) is 0 Å². The van der Waals surface area contributed by atoms with Crippen LogP contribution in [-0.2, 0) is 6.42 Å². The molecule has 0 N–H and O–H groups in total. The van der Waals surface area contributed by atoms with E-state index in [4.69, 9.17) is 0 Å². The Morgan fingerprint density at radius 3 is 3.00 bits per heavy atom. The first kappa shape index (κ1) is 10.1. The summed E-state index contributed by atoms with van der Waals surface area (Å²) < 4.78 is 0. The minimum Gasteiger partial charge on any atom is -0.264 e. The van der Waals surface area contributed by atoms with Crippen LogP contribution in [0.5, 0.6) is 0 Å². The minimum absolute atomic E-state index is 0.876. The van der Waals surface area contributed by atoms with Gasteiger partial charge in [-0.3, -0.25) is 4.98 Å². The molecule has 3 aliphatic rings. The van der Waals surface area contributed by atoms with Crippen molar-refractivity contribution in [3.63, 3.8) is 0 Å². The molecule has 4 atom stereocenters. The minimum atomic E-state index is 0.876. The van der Waals surface area contributed by atoms with Gasteiger partial charge in [0.25, 0.3) is 0 Å². The lowest BCUT2D eigenvalue weighted by Crippen LogP contribution is -2.34. The predicted molar refractivity (Wildman–Crippen MR) is 68.9 cm³/mol. The standard InChI is InChI=1S/C16H21N/c1-2-11-4-6-16-14-8-9-17-10-12(14)5-7-15(16)13(11)3-1/h8-11,13,15-16H,1-7H2. The van der Waals surface area contributed by atoms with E-state index in [1.54, 1.807) is 11.1 Å². The second-order valence-electron chi connectivity index (χ2n) is 6.32. The third-order valence-electron chi connectivity index (χ3n) is 5.72. The van der Waals surface area contributed by atoms with E-state index in [0.717, 1.165) is 23.7 Å². The van der Waals surface area contributed by atoms with Gasteiger partial charge in [-0.1, -0.05) is 12.8 Å². The van der Waals surface area contributed by atoms with Crippen molar-refractivity contribution in [3.05, 3.63) is 29.6 Å². The zero-order valence-electron chi connectivity index (χ0n) is 10.4. The Hall–Kier alpha value is -0.850. The summed E-state index contributed by atoms with van der Waals surface area (Å²) in [6, 6.07) is 2.31. The third kappa shape index (κ3) is 1.47. The lowest BCUT2D eigenvalue weighted by molar-refractivity contribution is 0.136. The first-order chi connectivity index (χ1) is 8.43. The maximum Gasteiger partial charge on any atom is 0.0302 e. The van der Waals surface area contributed by atoms with E-state index < -0.39 is 0 Å². The molecule has 1 heterocycles. The Kier molecular flexibility index (Phi) is 2.28. The van der Waals surface area contributed by atoms with Gasteiger partial charge in [-0.25, -0.2) is 0 Å². The average molecular weight is 227 g/mol. The molecule has 2 fully saturated rings. The summed E-state index contributed by atoms with van der Waals surface area (Å²) >= 11 is 0. The van der Waals surface area contributed by atoms with Crippen molar-refractivity contribution in [2.45, 2.75) is 50.9 Å². The van der Waals surface area contributed by atoms with Gasteiger partial charge in [0.05, 0.1) is 0 Å². The van der Waals surface area contributed by atoms with Gasteiger partial charge in [-0.2, -0.15) is 0 Å². The predicted octanol–water partition coefficient (Wildman–Crippen LogP) is 3.94. The molecule has 90 valence electrons. The maximum absolute atomic E-state index is 4.30. The zero-order chi connectivity index (χ0) is 11.2. The molecule has 4 unspecified atom stereocenters. The van der Waals surface area contributed by atoms with E-state index >= 15 is 0 Å². The van der Waals surface area contributed by atoms with Gasteiger partial charge in [-0.15, -0.1) is 0 Å². The van der Waals surface area contributed by atoms with Gasteiger partial charge in [0.2, 0.25) is 0 Å². The molecule has 17 heavy (non-hydrogen) atoms. The topological polar surface area (TPSA) is 12.9 Å². The summed E-state index contributed by atoms with van der Waals surface area (Å²) in [5.74, 6) is 4.03. The number of hydrogen-bond donors (Lipinski definition) is 0. The molecule has 1 aromatic rings. The first-order valence-electron chi connectivity index (χ1n) is 7.36. The molecule has 3 aliphatic carbocycles. The maximum atomic E-state index is 4.30. The Labute approximate surface area is 104 Å². The van der Waals surface area contributed by atoms with Gasteiger partial charge in [0.1, 0.15) is 0 Å². The van der Waals surface area contributed by atoms with Crippen molar-refractivity contribution in [2.75, 3.05) is 0 Å². The van der Waals surface area contributed by atoms with Crippen LogP contribution in [0.1, 0.15) is 55.6 Å². The largest absolute Gasteiger partial charge is 0.264 e. The normalized spacial score (nSPS) is 39.3. The number of pyridine rings is 1. The van der Waals surface area contributed by atoms with Crippen LogP contribution in [0.25, 0.3) is 0 Å². The number of aromatic nitrogens is 1. The van der Waals surface area contributed by atoms with Crippen LogP contribution >= 0.6 is 0 Å². The van der Waals surface area contributed by atoms with Crippen molar-refractivity contribution in [2.24, 2.45) is 17.8 Å². The lowest BCUT2D eigenvalue weighted by atomic mass is 9.61. The Bertz CT molecular complexity index is 425. The van der Waals surface area contributed by atoms with E-state index in [-0.39, 0.29) is 0 Å². The SMILES string of the molecule is c1cc2c(cn1)CCC1C2CCC2CCCC21. The Balaban J connectivity index is 1.71. The first-order valence-corrected chi connectivity index (χ1v) is 7.36. The molecule has 0 saturated heterocycles. The van der Waals surface area contributed by atoms with Gasteiger partial charge < -0.3 is 0 Å². The molecule has 0 spiro atoms. The fraction of sp³-hybridized carbons (Fsp3) is 0.688. The molecule has 1 heteroatoms. The van der Waals surface area contributed by atoms with E-state index in [9.17, 15) is 0 Å². The van der Waals surface area contributed by atoms with Crippen molar-refractivity contribution >= 4 is 0 Å². The molecule has 0 radical (unpaired) electrons. The summed E-state index contributed by atoms with van der Waals surface area (Å²) in [7, 11) is 0. The number of aryl methyl sites for hydroxylation is 1. The van der Waals surface area contributed by atoms with E-state index in [1.807, 2.05) is 6.20 Å². The zero-order valence-corrected chi connectivity index (χ0v) is 10.4. The van der Waals surface area contributed by atoms with Crippen LogP contribution in [0.2, 0.25) is 0 Å². The van der Waals surface area contributed by atoms with Crippen LogP contribution in [0, 0.1) is 17.8 Å². The van der Waals surface area contributed by atoms with Crippen molar-refractivity contribution < 1.29 is 0 Å². The van der Waals surface area contributed by atoms with Crippen LogP contribution in [-0.4, -0.2) is 4.98 Å². The van der Waals surface area contributed by atoms with Crippen molar-refractivity contribution in [1.29, 1.82) is 0 Å². The number of rotatable bonds is 0. The van der Waals surface area contributed by atoms with Gasteiger partial charge in [0.15, 0.2) is 0 Å². The molecular weight excluding hydrogens is 206 g/mol. The molecule has 4 rings (SSSR count). The van der Waals surface area contributed by atoms with Gasteiger partial charge in [-0.05, 0) is 73.0 Å². The molecule has 0 aliphatic heterocycles. The highest BCUT2D eigenvalue weighted by atomic mass is 14.6. The molecule has 0 bridgehead atoms. The second kappa shape index (κ2) is 3.83. The lowest BCUT2D eigenvalue weighted by Gasteiger charge is -2.44. The van der Waals surface area contributed by atoms with Crippen LogP contribution < -0.4 is 0 Å². The monoisotopic (exact) mass is 227 g/mol. The highest BCUT2D eigenvalue weighted by Gasteiger charge is 2.43. The van der Waals surface area contributed by atoms with Crippen LogP contribution in [0.4, 0.5) is 0 Å². The van der Waals surface area contributed by atoms with Crippen LogP contribution in [0.15, 0.2) is 18.5 Å². The second-order valence-corrected chi connectivity index (χ2v) is 6.32. The van der Waals surface area contributed by atoms with E-state index in [2.05, 4.69) is 17.2 Å². The number of nitrogens with zero attached hydrogens (tertiary/aromatic N) is 1. The molecule has 1 nitrogen and oxygen atoms in total. The molecule has 0 aromatic carbocycles. The smallest absolute Gasteiger partial charge is 0.0302 e. The summed E-state index contributed by atoms with van der Waals surface area (Å²) in [5.41, 5.74) is 3.20. The fourth-order valence-corrected chi connectivity index (χ4v) is 5.03. The van der Waals surface area contributed by atoms with E-state index in [0.29, 0.717) is 0 Å². The summed E-state index contributed by atoms with van der Waals surface area (Å²) in [4.78, 5) is 4.30. The summed E-state index contributed by atoms with van der Waals surface area (Å²) in [6.07, 6.45) is 14.3. The van der Waals surface area contributed by atoms with Crippen LogP contribution in [0.3, 0.4) is 0 Å². The molecule has 1 aromatic heterocycles. The van der Waals surface area contributed by atoms with Gasteiger partial charge in [0, 0.05) is 12.4 Å². The number of hydrogen-bond acceptors (Lipinski definition) is 1. The Morgan fingerprint density at radius 1 is 1.00 bits per heavy atom.